The summed E-state index contributed by atoms with van der Waals surface area (Å²) in [5.74, 6) is -0.0449. The third kappa shape index (κ3) is 5.97. The van der Waals surface area contributed by atoms with E-state index >= 15 is 0 Å². The van der Waals surface area contributed by atoms with Gasteiger partial charge < -0.3 is 16.4 Å². The first-order valence-corrected chi connectivity index (χ1v) is 6.63. The number of carbonyl (C=O) groups excluding carboxylic acids is 2. The van der Waals surface area contributed by atoms with Gasteiger partial charge >= 0.3 is 0 Å². The van der Waals surface area contributed by atoms with Crippen LogP contribution in [0.4, 0.5) is 0 Å². The molecule has 0 atom stereocenters. The predicted octanol–water partition coefficient (Wildman–Crippen LogP) is -0.948. The normalized spacial score (nSPS) is 17.4. The van der Waals surface area contributed by atoms with E-state index in [1.165, 1.54) is 0 Å². The van der Waals surface area contributed by atoms with Crippen LogP contribution in [0.5, 0.6) is 0 Å². The molecule has 1 rings (SSSR count). The van der Waals surface area contributed by atoms with Crippen LogP contribution in [-0.2, 0) is 9.59 Å². The van der Waals surface area contributed by atoms with Crippen molar-refractivity contribution in [3.8, 4) is 0 Å². The van der Waals surface area contributed by atoms with E-state index in [1.54, 1.807) is 0 Å². The zero-order valence-electron chi connectivity index (χ0n) is 11.1. The molecule has 1 heterocycles. The molecule has 104 valence electrons. The zero-order chi connectivity index (χ0) is 13.4. The molecule has 0 saturated carbocycles. The Morgan fingerprint density at radius 3 is 2.50 bits per heavy atom. The van der Waals surface area contributed by atoms with Crippen molar-refractivity contribution in [2.24, 2.45) is 5.73 Å². The lowest BCUT2D eigenvalue weighted by atomic mass is 10.1. The first-order chi connectivity index (χ1) is 8.61. The molecule has 1 aliphatic heterocycles. The Morgan fingerprint density at radius 1 is 1.22 bits per heavy atom. The Labute approximate surface area is 108 Å². The number of nitrogens with one attached hydrogen (secondary N) is 2. The third-order valence-corrected chi connectivity index (χ3v) is 3.05. The maximum atomic E-state index is 11.6. The summed E-state index contributed by atoms with van der Waals surface area (Å²) in [6.45, 7) is 5.06. The number of hydrogen-bond acceptors (Lipinski definition) is 4. The van der Waals surface area contributed by atoms with Gasteiger partial charge in [-0.15, -0.1) is 0 Å². The van der Waals surface area contributed by atoms with Crippen LogP contribution >= 0.6 is 0 Å². The highest BCUT2D eigenvalue weighted by Crippen LogP contribution is 2.06. The van der Waals surface area contributed by atoms with E-state index in [2.05, 4.69) is 15.5 Å². The second-order valence-electron chi connectivity index (χ2n) is 4.67. The number of hydrogen-bond donors (Lipinski definition) is 3. The van der Waals surface area contributed by atoms with Crippen LogP contribution in [0, 0.1) is 0 Å². The molecule has 6 heteroatoms. The summed E-state index contributed by atoms with van der Waals surface area (Å²) in [6.07, 6.45) is 2.24. The van der Waals surface area contributed by atoms with Gasteiger partial charge in [-0.05, 0) is 19.8 Å². The fourth-order valence-corrected chi connectivity index (χ4v) is 1.97. The van der Waals surface area contributed by atoms with Gasteiger partial charge in [0.05, 0.1) is 6.54 Å². The highest BCUT2D eigenvalue weighted by Gasteiger charge is 2.17. The predicted molar refractivity (Wildman–Crippen MR) is 70.0 cm³/mol. The summed E-state index contributed by atoms with van der Waals surface area (Å²) in [5, 5.41) is 5.45. The molecule has 1 saturated heterocycles. The lowest BCUT2D eigenvalue weighted by Gasteiger charge is -2.29. The number of nitrogens with two attached hydrogens (primary N) is 1. The van der Waals surface area contributed by atoms with Crippen LogP contribution in [0.3, 0.4) is 0 Å². The number of nitrogens with zero attached hydrogens (tertiary/aromatic N) is 1. The number of likely N-dealkylation sites (tertiary alicyclic amines) is 1. The van der Waals surface area contributed by atoms with Crippen LogP contribution in [0.15, 0.2) is 0 Å². The number of piperidine rings is 1. The zero-order valence-corrected chi connectivity index (χ0v) is 11.1. The van der Waals surface area contributed by atoms with E-state index in [-0.39, 0.29) is 17.9 Å². The maximum absolute atomic E-state index is 11.6. The van der Waals surface area contributed by atoms with Crippen LogP contribution in [0.25, 0.3) is 0 Å². The third-order valence-electron chi connectivity index (χ3n) is 3.05. The quantitative estimate of drug-likeness (QED) is 0.572. The lowest BCUT2D eigenvalue weighted by molar-refractivity contribution is -0.123. The van der Waals surface area contributed by atoms with Crippen molar-refractivity contribution >= 4 is 11.8 Å². The van der Waals surface area contributed by atoms with Gasteiger partial charge in [0.15, 0.2) is 0 Å². The largest absolute Gasteiger partial charge is 0.356 e. The summed E-state index contributed by atoms with van der Waals surface area (Å²) in [6, 6.07) is 0.280. The van der Waals surface area contributed by atoms with Gasteiger partial charge in [0.2, 0.25) is 11.8 Å². The summed E-state index contributed by atoms with van der Waals surface area (Å²) in [7, 11) is 0. The van der Waals surface area contributed by atoms with Crippen LogP contribution in [0.2, 0.25) is 0 Å². The summed E-state index contributed by atoms with van der Waals surface area (Å²) < 4.78 is 0. The highest BCUT2D eigenvalue weighted by atomic mass is 16.2. The van der Waals surface area contributed by atoms with Crippen LogP contribution in [-0.4, -0.2) is 55.5 Å². The Hall–Kier alpha value is -1.14. The fraction of sp³-hybridized carbons (Fsp3) is 0.833. The molecule has 0 aromatic heterocycles. The SMILES string of the molecule is CCNC(=O)CCNC(=O)CN1CCC(N)CC1. The van der Waals surface area contributed by atoms with Gasteiger partial charge in [0, 0.05) is 38.6 Å². The molecule has 4 N–H and O–H groups in total. The minimum absolute atomic E-state index is 0.0187. The van der Waals surface area contributed by atoms with Gasteiger partial charge in [-0.25, -0.2) is 0 Å². The molecule has 0 radical (unpaired) electrons. The van der Waals surface area contributed by atoms with E-state index in [0.717, 1.165) is 25.9 Å². The van der Waals surface area contributed by atoms with E-state index in [4.69, 9.17) is 5.73 Å². The van der Waals surface area contributed by atoms with Gasteiger partial charge in [-0.1, -0.05) is 0 Å². The second kappa shape index (κ2) is 8.05. The standard InChI is InChI=1S/C12H24N4O2/c1-2-14-11(17)3-6-15-12(18)9-16-7-4-10(13)5-8-16/h10H,2-9,13H2,1H3,(H,14,17)(H,15,18). The van der Waals surface area contributed by atoms with Crippen LogP contribution in [0.1, 0.15) is 26.2 Å². The molecule has 0 unspecified atom stereocenters. The maximum Gasteiger partial charge on any atom is 0.234 e. The smallest absolute Gasteiger partial charge is 0.234 e. The van der Waals surface area contributed by atoms with Gasteiger partial charge in [0.1, 0.15) is 0 Å². The molecule has 2 amide bonds. The average molecular weight is 256 g/mol. The van der Waals surface area contributed by atoms with Crippen molar-refractivity contribution < 1.29 is 9.59 Å². The fourth-order valence-electron chi connectivity index (χ4n) is 1.97. The molecule has 0 aromatic rings. The van der Waals surface area contributed by atoms with Crippen molar-refractivity contribution in [1.82, 2.24) is 15.5 Å². The summed E-state index contributed by atoms with van der Waals surface area (Å²) in [4.78, 5) is 24.9. The Bertz CT molecular complexity index is 275. The van der Waals surface area contributed by atoms with Gasteiger partial charge in [-0.3, -0.25) is 14.5 Å². The number of amides is 2. The molecule has 0 aliphatic carbocycles. The van der Waals surface area contributed by atoms with E-state index in [0.29, 0.717) is 26.1 Å². The minimum Gasteiger partial charge on any atom is -0.356 e. The molecule has 6 nitrogen and oxygen atoms in total. The molecule has 0 bridgehead atoms. The second-order valence-corrected chi connectivity index (χ2v) is 4.67. The Morgan fingerprint density at radius 2 is 1.89 bits per heavy atom. The van der Waals surface area contributed by atoms with Crippen molar-refractivity contribution in [2.75, 3.05) is 32.7 Å². The Kier molecular flexibility index (Phi) is 6.67. The van der Waals surface area contributed by atoms with Crippen molar-refractivity contribution in [3.05, 3.63) is 0 Å². The molecular weight excluding hydrogens is 232 g/mol. The van der Waals surface area contributed by atoms with Crippen molar-refractivity contribution in [1.29, 1.82) is 0 Å². The lowest BCUT2D eigenvalue weighted by Crippen LogP contribution is -2.45. The van der Waals surface area contributed by atoms with E-state index in [1.807, 2.05) is 6.92 Å². The van der Waals surface area contributed by atoms with E-state index in [9.17, 15) is 9.59 Å². The molecule has 1 fully saturated rings. The minimum atomic E-state index is -0.0262. The van der Waals surface area contributed by atoms with Crippen molar-refractivity contribution in [3.63, 3.8) is 0 Å². The first-order valence-electron chi connectivity index (χ1n) is 6.63. The number of rotatable bonds is 6. The molecule has 1 aliphatic rings. The Balaban J connectivity index is 2.08. The molecule has 0 spiro atoms. The highest BCUT2D eigenvalue weighted by molar-refractivity contribution is 5.80. The van der Waals surface area contributed by atoms with Gasteiger partial charge in [0.25, 0.3) is 0 Å². The average Bonchev–Trinajstić information content (AvgIpc) is 2.32. The summed E-state index contributed by atoms with van der Waals surface area (Å²) in [5.41, 5.74) is 5.80. The topological polar surface area (TPSA) is 87.5 Å². The number of carbonyl (C=O) groups is 2. The van der Waals surface area contributed by atoms with Gasteiger partial charge in [-0.2, -0.15) is 0 Å². The summed E-state index contributed by atoms with van der Waals surface area (Å²) >= 11 is 0. The monoisotopic (exact) mass is 256 g/mol. The molecular formula is C12H24N4O2. The molecule has 0 aromatic carbocycles. The van der Waals surface area contributed by atoms with E-state index < -0.39 is 0 Å². The first kappa shape index (κ1) is 14.9. The van der Waals surface area contributed by atoms with Crippen molar-refractivity contribution in [2.45, 2.75) is 32.2 Å². The van der Waals surface area contributed by atoms with Crippen LogP contribution < -0.4 is 16.4 Å². The molecule has 18 heavy (non-hydrogen) atoms.